The first-order valence-corrected chi connectivity index (χ1v) is 5.12. The summed E-state index contributed by atoms with van der Waals surface area (Å²) in [6.07, 6.45) is -4.71. The molecule has 2 N–H and O–H groups in total. The summed E-state index contributed by atoms with van der Waals surface area (Å²) in [6, 6.07) is 5.79. The minimum atomic E-state index is -4.71. The number of alkyl halides is 3. The van der Waals surface area contributed by atoms with Gasteiger partial charge in [-0.05, 0) is 18.1 Å². The Labute approximate surface area is 97.2 Å². The van der Waals surface area contributed by atoms with Gasteiger partial charge in [0, 0.05) is 13.2 Å². The maximum atomic E-state index is 12.1. The van der Waals surface area contributed by atoms with Crippen LogP contribution in [0.1, 0.15) is 6.92 Å². The van der Waals surface area contributed by atoms with Gasteiger partial charge in [0.1, 0.15) is 0 Å². The molecule has 3 nitrogen and oxygen atoms in total. The zero-order chi connectivity index (χ0) is 12.9. The van der Waals surface area contributed by atoms with Crippen molar-refractivity contribution in [2.24, 2.45) is 5.92 Å². The van der Waals surface area contributed by atoms with Crippen LogP contribution < -0.4 is 10.1 Å². The van der Waals surface area contributed by atoms with Crippen LogP contribution in [-0.4, -0.2) is 24.6 Å². The fourth-order valence-electron chi connectivity index (χ4n) is 1.18. The second kappa shape index (κ2) is 5.77. The lowest BCUT2D eigenvalue weighted by Crippen LogP contribution is -2.19. The maximum absolute atomic E-state index is 12.1. The Bertz CT molecular complexity index is 355. The average molecular weight is 249 g/mol. The van der Waals surface area contributed by atoms with Crippen LogP contribution in [0.2, 0.25) is 0 Å². The van der Waals surface area contributed by atoms with Crippen molar-refractivity contribution in [1.29, 1.82) is 0 Å². The van der Waals surface area contributed by atoms with Crippen molar-refractivity contribution < 1.29 is 23.0 Å². The van der Waals surface area contributed by atoms with Crippen molar-refractivity contribution in [3.05, 3.63) is 24.3 Å². The van der Waals surface area contributed by atoms with Gasteiger partial charge in [-0.1, -0.05) is 19.1 Å². The average Bonchev–Trinajstić information content (AvgIpc) is 2.25. The fourth-order valence-corrected chi connectivity index (χ4v) is 1.18. The first-order chi connectivity index (χ1) is 7.92. The first kappa shape index (κ1) is 13.6. The number of aliphatic hydroxyl groups is 1. The Balaban J connectivity index is 2.71. The van der Waals surface area contributed by atoms with Crippen LogP contribution in [0, 0.1) is 5.92 Å². The molecule has 1 atom stereocenters. The van der Waals surface area contributed by atoms with E-state index >= 15 is 0 Å². The van der Waals surface area contributed by atoms with Crippen LogP contribution in [0.4, 0.5) is 18.9 Å². The third kappa shape index (κ3) is 4.95. The zero-order valence-corrected chi connectivity index (χ0v) is 9.29. The lowest BCUT2D eigenvalue weighted by molar-refractivity contribution is -0.274. The van der Waals surface area contributed by atoms with E-state index in [0.717, 1.165) is 0 Å². The van der Waals surface area contributed by atoms with Gasteiger partial charge in [0.15, 0.2) is 5.75 Å². The van der Waals surface area contributed by atoms with Crippen LogP contribution in [0.25, 0.3) is 0 Å². The van der Waals surface area contributed by atoms with Gasteiger partial charge in [-0.2, -0.15) is 0 Å². The highest BCUT2D eigenvalue weighted by molar-refractivity contribution is 5.56. The van der Waals surface area contributed by atoms with E-state index in [4.69, 9.17) is 5.11 Å². The summed E-state index contributed by atoms with van der Waals surface area (Å²) >= 11 is 0. The second-order valence-electron chi connectivity index (χ2n) is 3.71. The van der Waals surface area contributed by atoms with Gasteiger partial charge in [0.25, 0.3) is 0 Å². The largest absolute Gasteiger partial charge is 0.573 e. The number of aliphatic hydroxyl groups excluding tert-OH is 1. The highest BCUT2D eigenvalue weighted by Gasteiger charge is 2.32. The summed E-state index contributed by atoms with van der Waals surface area (Å²) in [5, 5.41) is 11.6. The van der Waals surface area contributed by atoms with E-state index in [0.29, 0.717) is 6.54 Å². The highest BCUT2D eigenvalue weighted by atomic mass is 19.4. The number of hydrogen-bond acceptors (Lipinski definition) is 3. The Hall–Kier alpha value is -1.43. The normalized spacial score (nSPS) is 13.2. The fraction of sp³-hybridized carbons (Fsp3) is 0.455. The molecule has 0 aromatic heterocycles. The van der Waals surface area contributed by atoms with Crippen molar-refractivity contribution in [2.75, 3.05) is 18.5 Å². The van der Waals surface area contributed by atoms with Gasteiger partial charge >= 0.3 is 6.36 Å². The Morgan fingerprint density at radius 1 is 1.35 bits per heavy atom. The van der Waals surface area contributed by atoms with Crippen LogP contribution in [0.3, 0.4) is 0 Å². The standard InChI is InChI=1S/C11H14F3NO2/c1-8(7-16)6-15-9-4-2-3-5-10(9)17-11(12,13)14/h2-5,8,15-16H,6-7H2,1H3. The maximum Gasteiger partial charge on any atom is 0.573 e. The number of benzene rings is 1. The predicted molar refractivity (Wildman–Crippen MR) is 57.9 cm³/mol. The van der Waals surface area contributed by atoms with Crippen LogP contribution in [0.5, 0.6) is 5.75 Å². The van der Waals surface area contributed by atoms with Crippen LogP contribution in [-0.2, 0) is 0 Å². The molecule has 0 bridgehead atoms. The summed E-state index contributed by atoms with van der Waals surface area (Å²) in [7, 11) is 0. The summed E-state index contributed by atoms with van der Waals surface area (Å²) in [5.74, 6) is -0.320. The Kier molecular flexibility index (Phi) is 4.62. The molecule has 0 fully saturated rings. The number of nitrogens with one attached hydrogen (secondary N) is 1. The number of para-hydroxylation sites is 2. The number of anilines is 1. The smallest absolute Gasteiger partial charge is 0.404 e. The molecule has 96 valence electrons. The summed E-state index contributed by atoms with van der Waals surface area (Å²) in [6.45, 7) is 2.12. The second-order valence-corrected chi connectivity index (χ2v) is 3.71. The third-order valence-corrected chi connectivity index (χ3v) is 2.07. The molecular weight excluding hydrogens is 235 g/mol. The van der Waals surface area contributed by atoms with Crippen molar-refractivity contribution in [1.82, 2.24) is 0 Å². The zero-order valence-electron chi connectivity index (χ0n) is 9.29. The lowest BCUT2D eigenvalue weighted by atomic mass is 10.2. The minimum absolute atomic E-state index is 0.0324. The lowest BCUT2D eigenvalue weighted by Gasteiger charge is -2.16. The molecule has 17 heavy (non-hydrogen) atoms. The molecule has 0 heterocycles. The van der Waals surface area contributed by atoms with Gasteiger partial charge < -0.3 is 15.2 Å². The van der Waals surface area contributed by atoms with E-state index in [9.17, 15) is 13.2 Å². The number of halogens is 3. The highest BCUT2D eigenvalue weighted by Crippen LogP contribution is 2.29. The topological polar surface area (TPSA) is 41.5 Å². The molecule has 6 heteroatoms. The van der Waals surface area contributed by atoms with Gasteiger partial charge in [0.2, 0.25) is 0 Å². The molecular formula is C11H14F3NO2. The minimum Gasteiger partial charge on any atom is -0.404 e. The van der Waals surface area contributed by atoms with Gasteiger partial charge in [-0.25, -0.2) is 0 Å². The molecule has 1 aromatic rings. The number of hydrogen-bond donors (Lipinski definition) is 2. The molecule has 0 amide bonds. The van der Waals surface area contributed by atoms with Gasteiger partial charge in [-0.3, -0.25) is 0 Å². The van der Waals surface area contributed by atoms with E-state index in [2.05, 4.69) is 10.1 Å². The summed E-state index contributed by atoms with van der Waals surface area (Å²) < 4.78 is 40.2. The molecule has 1 aromatic carbocycles. The monoisotopic (exact) mass is 249 g/mol. The Morgan fingerprint density at radius 3 is 2.59 bits per heavy atom. The molecule has 0 spiro atoms. The van der Waals surface area contributed by atoms with Crippen molar-refractivity contribution in [3.63, 3.8) is 0 Å². The predicted octanol–water partition coefficient (Wildman–Crippen LogP) is 2.63. The SMILES string of the molecule is CC(CO)CNc1ccccc1OC(F)(F)F. The van der Waals surface area contributed by atoms with E-state index in [1.807, 2.05) is 0 Å². The molecule has 0 saturated carbocycles. The van der Waals surface area contributed by atoms with E-state index in [1.165, 1.54) is 18.2 Å². The van der Waals surface area contributed by atoms with E-state index < -0.39 is 6.36 Å². The molecule has 0 radical (unpaired) electrons. The molecule has 0 aliphatic carbocycles. The van der Waals surface area contributed by atoms with Gasteiger partial charge in [0.05, 0.1) is 5.69 Å². The van der Waals surface area contributed by atoms with Crippen molar-refractivity contribution in [2.45, 2.75) is 13.3 Å². The molecule has 1 unspecified atom stereocenters. The van der Waals surface area contributed by atoms with Crippen molar-refractivity contribution in [3.8, 4) is 5.75 Å². The summed E-state index contributed by atoms with van der Waals surface area (Å²) in [4.78, 5) is 0. The van der Waals surface area contributed by atoms with E-state index in [1.54, 1.807) is 13.0 Å². The molecule has 0 aliphatic rings. The van der Waals surface area contributed by atoms with Crippen molar-refractivity contribution >= 4 is 5.69 Å². The van der Waals surface area contributed by atoms with Crippen LogP contribution in [0.15, 0.2) is 24.3 Å². The van der Waals surface area contributed by atoms with Gasteiger partial charge in [-0.15, -0.1) is 13.2 Å². The summed E-state index contributed by atoms with van der Waals surface area (Å²) in [5.41, 5.74) is 0.255. The van der Waals surface area contributed by atoms with E-state index in [-0.39, 0.29) is 24.0 Å². The quantitative estimate of drug-likeness (QED) is 0.842. The molecule has 0 saturated heterocycles. The molecule has 0 aliphatic heterocycles. The van der Waals surface area contributed by atoms with Crippen LogP contribution >= 0.6 is 0 Å². The number of rotatable bonds is 5. The third-order valence-electron chi connectivity index (χ3n) is 2.07. The Morgan fingerprint density at radius 2 is 2.00 bits per heavy atom. The number of ether oxygens (including phenoxy) is 1. The first-order valence-electron chi connectivity index (χ1n) is 5.12. The molecule has 1 rings (SSSR count).